The van der Waals surface area contributed by atoms with E-state index in [-0.39, 0.29) is 27.0 Å². The quantitative estimate of drug-likeness (QED) is 0.254. The molecule has 8 nitrogen and oxygen atoms in total. The normalized spacial score (nSPS) is 12.0. The maximum Gasteiger partial charge on any atom is 0.270 e. The molecule has 0 aromatic heterocycles. The molecule has 0 aliphatic rings. The first-order valence-electron chi connectivity index (χ1n) is 9.34. The first-order valence-corrected chi connectivity index (χ1v) is 11.2. The third-order valence-corrected chi connectivity index (χ3v) is 5.97. The van der Waals surface area contributed by atoms with Gasteiger partial charge in [0.15, 0.2) is 0 Å². The largest absolute Gasteiger partial charge is 0.278 e. The predicted octanol–water partition coefficient (Wildman–Crippen LogP) is 5.55. The predicted molar refractivity (Wildman–Crippen MR) is 128 cm³/mol. The van der Waals surface area contributed by atoms with Crippen molar-refractivity contribution < 1.29 is 13.3 Å². The van der Waals surface area contributed by atoms with Gasteiger partial charge < -0.3 is 0 Å². The molecule has 0 spiro atoms. The lowest BCUT2D eigenvalue weighted by Gasteiger charge is -2.12. The summed E-state index contributed by atoms with van der Waals surface area (Å²) in [5, 5.41) is 15.5. The first kappa shape index (κ1) is 23.0. The van der Waals surface area contributed by atoms with Crippen molar-refractivity contribution in [3.8, 4) is 0 Å². The van der Waals surface area contributed by atoms with Crippen LogP contribution in [0, 0.1) is 10.1 Å². The van der Waals surface area contributed by atoms with E-state index >= 15 is 0 Å². The van der Waals surface area contributed by atoms with Crippen molar-refractivity contribution in [2.45, 2.75) is 11.8 Å². The second kappa shape index (κ2) is 10.1. The molecule has 164 valence electrons. The number of hydrazone groups is 1. The van der Waals surface area contributed by atoms with Crippen LogP contribution in [0.3, 0.4) is 0 Å². The van der Waals surface area contributed by atoms with Gasteiger partial charge in [0.05, 0.1) is 27.5 Å². The SMILES string of the molecule is CC(C=NNc1ccc([N+](=O)[O-])cc1S(=O)(=O)Nc1ccccc1Cl)=Cc1ccccc1. The second-order valence-corrected chi connectivity index (χ2v) is 8.75. The van der Waals surface area contributed by atoms with Crippen molar-refractivity contribution in [1.29, 1.82) is 0 Å². The van der Waals surface area contributed by atoms with Crippen LogP contribution >= 0.6 is 11.6 Å². The minimum Gasteiger partial charge on any atom is -0.278 e. The number of non-ortho nitro benzene ring substituents is 1. The highest BCUT2D eigenvalue weighted by atomic mass is 35.5. The highest BCUT2D eigenvalue weighted by Gasteiger charge is 2.23. The molecular weight excluding hydrogens is 452 g/mol. The van der Waals surface area contributed by atoms with Crippen molar-refractivity contribution in [2.24, 2.45) is 5.10 Å². The Kier molecular flexibility index (Phi) is 7.24. The minimum absolute atomic E-state index is 0.0684. The van der Waals surface area contributed by atoms with Crippen molar-refractivity contribution in [3.63, 3.8) is 0 Å². The number of anilines is 2. The molecule has 2 N–H and O–H groups in total. The highest BCUT2D eigenvalue weighted by Crippen LogP contribution is 2.30. The number of nitro groups is 1. The van der Waals surface area contributed by atoms with Gasteiger partial charge in [0.25, 0.3) is 15.7 Å². The molecular formula is C22H19ClN4O4S. The number of nitrogens with one attached hydrogen (secondary N) is 2. The van der Waals surface area contributed by atoms with Crippen LogP contribution in [0.2, 0.25) is 5.02 Å². The molecule has 0 fully saturated rings. The zero-order valence-corrected chi connectivity index (χ0v) is 18.5. The Morgan fingerprint density at radius 1 is 1.03 bits per heavy atom. The lowest BCUT2D eigenvalue weighted by molar-refractivity contribution is -0.385. The molecule has 0 saturated carbocycles. The fourth-order valence-corrected chi connectivity index (χ4v) is 4.23. The molecule has 0 amide bonds. The molecule has 0 radical (unpaired) electrons. The van der Waals surface area contributed by atoms with E-state index in [4.69, 9.17) is 11.6 Å². The smallest absolute Gasteiger partial charge is 0.270 e. The van der Waals surface area contributed by atoms with Gasteiger partial charge in [-0.15, -0.1) is 0 Å². The second-order valence-electron chi connectivity index (χ2n) is 6.69. The van der Waals surface area contributed by atoms with Crippen LogP contribution in [0.1, 0.15) is 12.5 Å². The lowest BCUT2D eigenvalue weighted by atomic mass is 10.1. The number of benzene rings is 3. The van der Waals surface area contributed by atoms with Gasteiger partial charge in [0.2, 0.25) is 0 Å². The van der Waals surface area contributed by atoms with Crippen molar-refractivity contribution in [3.05, 3.63) is 99.1 Å². The van der Waals surface area contributed by atoms with E-state index in [0.717, 1.165) is 17.2 Å². The van der Waals surface area contributed by atoms with E-state index in [1.54, 1.807) is 12.1 Å². The van der Waals surface area contributed by atoms with Gasteiger partial charge in [0, 0.05) is 12.1 Å². The average molecular weight is 471 g/mol. The summed E-state index contributed by atoms with van der Waals surface area (Å²) in [6, 6.07) is 19.3. The molecule has 10 heteroatoms. The number of allylic oxidation sites excluding steroid dienone is 1. The third-order valence-electron chi connectivity index (χ3n) is 4.23. The summed E-state index contributed by atoms with van der Waals surface area (Å²) in [4.78, 5) is 10.2. The molecule has 0 bridgehead atoms. The fourth-order valence-electron chi connectivity index (χ4n) is 2.74. The summed E-state index contributed by atoms with van der Waals surface area (Å²) < 4.78 is 28.3. The third kappa shape index (κ3) is 5.93. The van der Waals surface area contributed by atoms with E-state index in [1.807, 2.05) is 43.3 Å². The van der Waals surface area contributed by atoms with Gasteiger partial charge in [-0.05, 0) is 36.3 Å². The van der Waals surface area contributed by atoms with Gasteiger partial charge in [-0.1, -0.05) is 60.1 Å². The zero-order valence-electron chi connectivity index (χ0n) is 16.9. The van der Waals surface area contributed by atoms with Crippen molar-refractivity contribution in [2.75, 3.05) is 10.1 Å². The average Bonchev–Trinajstić information content (AvgIpc) is 2.76. The van der Waals surface area contributed by atoms with E-state index in [2.05, 4.69) is 15.2 Å². The number of para-hydroxylation sites is 1. The minimum atomic E-state index is -4.21. The van der Waals surface area contributed by atoms with E-state index in [0.29, 0.717) is 0 Å². The first-order chi connectivity index (χ1) is 15.3. The molecule has 0 heterocycles. The van der Waals surface area contributed by atoms with Crippen LogP contribution in [0.4, 0.5) is 17.1 Å². The summed E-state index contributed by atoms with van der Waals surface area (Å²) in [5.41, 5.74) is 4.29. The van der Waals surface area contributed by atoms with Gasteiger partial charge in [-0.25, -0.2) is 8.42 Å². The van der Waals surface area contributed by atoms with Gasteiger partial charge in [-0.3, -0.25) is 20.3 Å². The van der Waals surface area contributed by atoms with Gasteiger partial charge >= 0.3 is 0 Å². The summed E-state index contributed by atoms with van der Waals surface area (Å²) in [5.74, 6) is 0. The van der Waals surface area contributed by atoms with Gasteiger partial charge in [0.1, 0.15) is 4.90 Å². The summed E-state index contributed by atoms with van der Waals surface area (Å²) in [7, 11) is -4.21. The molecule has 0 saturated heterocycles. The Morgan fingerprint density at radius 2 is 1.72 bits per heavy atom. The lowest BCUT2D eigenvalue weighted by Crippen LogP contribution is -2.15. The van der Waals surface area contributed by atoms with E-state index in [9.17, 15) is 18.5 Å². The Bertz CT molecular complexity index is 1290. The molecule has 0 aliphatic heterocycles. The monoisotopic (exact) mass is 470 g/mol. The fraction of sp³-hybridized carbons (Fsp3) is 0.0455. The maximum atomic E-state index is 13.0. The Morgan fingerprint density at radius 3 is 2.41 bits per heavy atom. The summed E-state index contributed by atoms with van der Waals surface area (Å²) in [6.45, 7) is 1.84. The number of nitro benzene ring substituents is 1. The Hall–Kier alpha value is -3.69. The van der Waals surface area contributed by atoms with Crippen LogP contribution in [0.25, 0.3) is 6.08 Å². The number of rotatable bonds is 8. The van der Waals surface area contributed by atoms with Crippen LogP contribution in [-0.4, -0.2) is 19.6 Å². The van der Waals surface area contributed by atoms with Crippen LogP contribution in [0.5, 0.6) is 0 Å². The molecule has 3 aromatic rings. The van der Waals surface area contributed by atoms with E-state index < -0.39 is 14.9 Å². The zero-order chi connectivity index (χ0) is 23.1. The number of hydrogen-bond acceptors (Lipinski definition) is 6. The standard InChI is InChI=1S/C22H19ClN4O4S/c1-16(13-17-7-3-2-4-8-17)15-24-25-21-12-11-18(27(28)29)14-22(21)32(30,31)26-20-10-6-5-9-19(20)23/h2-15,25-26H,1H3. The number of halogens is 1. The topological polar surface area (TPSA) is 114 Å². The number of nitrogens with zero attached hydrogens (tertiary/aromatic N) is 2. The van der Waals surface area contributed by atoms with Crippen LogP contribution < -0.4 is 10.1 Å². The molecule has 0 atom stereocenters. The summed E-state index contributed by atoms with van der Waals surface area (Å²) in [6.07, 6.45) is 3.42. The van der Waals surface area contributed by atoms with Gasteiger partial charge in [-0.2, -0.15) is 5.10 Å². The van der Waals surface area contributed by atoms with Crippen LogP contribution in [-0.2, 0) is 10.0 Å². The number of sulfonamides is 1. The van der Waals surface area contributed by atoms with Crippen molar-refractivity contribution >= 4 is 51.0 Å². The van der Waals surface area contributed by atoms with E-state index in [1.165, 1.54) is 30.5 Å². The summed E-state index contributed by atoms with van der Waals surface area (Å²) >= 11 is 6.04. The molecule has 3 aromatic carbocycles. The van der Waals surface area contributed by atoms with Crippen molar-refractivity contribution in [1.82, 2.24) is 0 Å². The molecule has 3 rings (SSSR count). The Labute approximate surface area is 190 Å². The molecule has 0 aliphatic carbocycles. The molecule has 0 unspecified atom stereocenters. The Balaban J connectivity index is 1.90. The number of hydrogen-bond donors (Lipinski definition) is 2. The highest BCUT2D eigenvalue weighted by molar-refractivity contribution is 7.93. The maximum absolute atomic E-state index is 13.0. The molecule has 32 heavy (non-hydrogen) atoms. The van der Waals surface area contributed by atoms with Crippen LogP contribution in [0.15, 0.2) is 88.4 Å².